The minimum Gasteiger partial charge on any atom is -1.00 e. The van der Waals surface area contributed by atoms with E-state index in [0.29, 0.717) is 6.42 Å². The predicted octanol–water partition coefficient (Wildman–Crippen LogP) is -4.39. The minimum atomic E-state index is -1.27. The lowest BCUT2D eigenvalue weighted by Crippen LogP contribution is -3.00. The molecule has 0 saturated carbocycles. The summed E-state index contributed by atoms with van der Waals surface area (Å²) in [6.07, 6.45) is -0.939. The van der Waals surface area contributed by atoms with E-state index in [9.17, 15) is 19.8 Å². The van der Waals surface area contributed by atoms with E-state index in [2.05, 4.69) is 0 Å². The van der Waals surface area contributed by atoms with Crippen LogP contribution in [0.25, 0.3) is 0 Å². The first-order valence-electron chi connectivity index (χ1n) is 8.45. The zero-order valence-electron chi connectivity index (χ0n) is 15.2. The van der Waals surface area contributed by atoms with Crippen molar-refractivity contribution in [2.75, 3.05) is 6.61 Å². The van der Waals surface area contributed by atoms with E-state index in [0.717, 1.165) is 0 Å². The standard InChI is InChI=1S/C17H25N3O6.ClH/c1-9(2)6-11(18)17(24)25-8-12-13(21)14(22)16(26-12)20-5-3-4-10(7-20)15(19)23;/h3-5,7,9,11-14,16,21-22H,6,8,18H2,1-2H3,(H-,19,23);1H/t11-,12+,13+,14+,16+;/m0./s1. The number of hydrogen-bond donors (Lipinski definition) is 4. The van der Waals surface area contributed by atoms with Crippen molar-refractivity contribution in [2.45, 2.75) is 50.8 Å². The maximum Gasteiger partial charge on any atom is 0.323 e. The van der Waals surface area contributed by atoms with Crippen molar-refractivity contribution in [1.29, 1.82) is 0 Å². The number of pyridine rings is 1. The molecular weight excluding hydrogens is 378 g/mol. The van der Waals surface area contributed by atoms with Gasteiger partial charge in [-0.3, -0.25) is 9.59 Å². The number of aliphatic hydroxyl groups excluding tert-OH is 2. The van der Waals surface area contributed by atoms with E-state index in [1.807, 2.05) is 13.8 Å². The number of ether oxygens (including phenoxy) is 2. The summed E-state index contributed by atoms with van der Waals surface area (Å²) in [4.78, 5) is 23.2. The van der Waals surface area contributed by atoms with E-state index < -0.39 is 42.5 Å². The summed E-state index contributed by atoms with van der Waals surface area (Å²) in [5, 5.41) is 20.4. The summed E-state index contributed by atoms with van der Waals surface area (Å²) >= 11 is 0. The number of aromatic nitrogens is 1. The van der Waals surface area contributed by atoms with Gasteiger partial charge >= 0.3 is 5.97 Å². The third kappa shape index (κ3) is 5.85. The van der Waals surface area contributed by atoms with Gasteiger partial charge < -0.3 is 43.6 Å². The van der Waals surface area contributed by atoms with E-state index in [1.54, 1.807) is 12.3 Å². The Morgan fingerprint density at radius 2 is 2.00 bits per heavy atom. The summed E-state index contributed by atoms with van der Waals surface area (Å²) < 4.78 is 12.2. The molecule has 152 valence electrons. The van der Waals surface area contributed by atoms with Crippen LogP contribution in [0.2, 0.25) is 0 Å². The quantitative estimate of drug-likeness (QED) is 0.265. The SMILES string of the molecule is CC(C)C[C@H](N)C(=O)OC[C@H]1O[C@@H]([n+]2cccc(C(N)=O)c2)[C@H](O)[C@@H]1O.[Cl-]. The Balaban J connectivity index is 0.00000364. The van der Waals surface area contributed by atoms with Crippen LogP contribution in [0.3, 0.4) is 0 Å². The highest BCUT2D eigenvalue weighted by atomic mass is 35.5. The molecule has 5 atom stereocenters. The average molecular weight is 404 g/mol. The monoisotopic (exact) mass is 403 g/mol. The fraction of sp³-hybridized carbons (Fsp3) is 0.588. The summed E-state index contributed by atoms with van der Waals surface area (Å²) in [5.74, 6) is -0.973. The zero-order chi connectivity index (χ0) is 19.4. The van der Waals surface area contributed by atoms with Gasteiger partial charge in [-0.25, -0.2) is 0 Å². The molecule has 1 aliphatic rings. The highest BCUT2D eigenvalue weighted by Crippen LogP contribution is 2.26. The summed E-state index contributed by atoms with van der Waals surface area (Å²) in [5.41, 5.74) is 11.2. The molecular formula is C17H26ClN3O6. The summed E-state index contributed by atoms with van der Waals surface area (Å²) in [6, 6.07) is 2.34. The van der Waals surface area contributed by atoms with Crippen molar-refractivity contribution in [3.8, 4) is 0 Å². The maximum absolute atomic E-state index is 11.9. The van der Waals surface area contributed by atoms with E-state index in [-0.39, 0.29) is 30.5 Å². The minimum absolute atomic E-state index is 0. The fourth-order valence-corrected chi connectivity index (χ4v) is 2.79. The number of hydrogen-bond acceptors (Lipinski definition) is 7. The van der Waals surface area contributed by atoms with Gasteiger partial charge in [-0.05, 0) is 18.4 Å². The summed E-state index contributed by atoms with van der Waals surface area (Å²) in [6.45, 7) is 3.64. The molecule has 9 nitrogen and oxygen atoms in total. The van der Waals surface area contributed by atoms with Crippen LogP contribution in [-0.4, -0.2) is 53.1 Å². The molecule has 0 aliphatic carbocycles. The number of esters is 1. The van der Waals surface area contributed by atoms with Gasteiger partial charge in [0, 0.05) is 6.07 Å². The van der Waals surface area contributed by atoms with Gasteiger partial charge in [0.1, 0.15) is 30.4 Å². The number of aliphatic hydroxyl groups is 2. The van der Waals surface area contributed by atoms with Crippen molar-refractivity contribution in [3.63, 3.8) is 0 Å². The van der Waals surface area contributed by atoms with Crippen molar-refractivity contribution in [3.05, 3.63) is 30.1 Å². The Morgan fingerprint density at radius 3 is 2.59 bits per heavy atom. The van der Waals surface area contributed by atoms with Gasteiger partial charge in [0.05, 0.1) is 0 Å². The van der Waals surface area contributed by atoms with Gasteiger partial charge in [0.15, 0.2) is 18.5 Å². The number of rotatable bonds is 7. The molecule has 6 N–H and O–H groups in total. The molecule has 27 heavy (non-hydrogen) atoms. The molecule has 1 aromatic heterocycles. The Hall–Kier alpha value is -1.78. The number of carbonyl (C=O) groups is 2. The van der Waals surface area contributed by atoms with Crippen LogP contribution in [-0.2, 0) is 14.3 Å². The molecule has 1 aliphatic heterocycles. The molecule has 1 fully saturated rings. The third-order valence-corrected chi connectivity index (χ3v) is 4.16. The van der Waals surface area contributed by atoms with Crippen LogP contribution in [0.1, 0.15) is 36.9 Å². The normalized spacial score (nSPS) is 25.7. The van der Waals surface area contributed by atoms with Crippen LogP contribution in [0, 0.1) is 5.92 Å². The lowest BCUT2D eigenvalue weighted by Gasteiger charge is -2.17. The van der Waals surface area contributed by atoms with Crippen LogP contribution in [0.4, 0.5) is 0 Å². The van der Waals surface area contributed by atoms with Crippen molar-refractivity contribution in [2.24, 2.45) is 17.4 Å². The van der Waals surface area contributed by atoms with E-state index >= 15 is 0 Å². The van der Waals surface area contributed by atoms with Gasteiger partial charge in [-0.15, -0.1) is 0 Å². The van der Waals surface area contributed by atoms with Crippen LogP contribution in [0.15, 0.2) is 24.5 Å². The Kier molecular flexibility index (Phi) is 8.58. The van der Waals surface area contributed by atoms with Gasteiger partial charge in [0.2, 0.25) is 0 Å². The Bertz CT molecular complexity index is 659. The zero-order valence-corrected chi connectivity index (χ0v) is 16.0. The maximum atomic E-state index is 11.9. The van der Waals surface area contributed by atoms with E-state index in [4.69, 9.17) is 20.9 Å². The van der Waals surface area contributed by atoms with Crippen LogP contribution in [0.5, 0.6) is 0 Å². The highest BCUT2D eigenvalue weighted by Gasteiger charge is 2.48. The molecule has 0 radical (unpaired) electrons. The molecule has 0 spiro atoms. The topological polar surface area (TPSA) is 149 Å². The first-order chi connectivity index (χ1) is 12.2. The predicted molar refractivity (Wildman–Crippen MR) is 89.5 cm³/mol. The number of primary amides is 1. The number of nitrogens with zero attached hydrogens (tertiary/aromatic N) is 1. The van der Waals surface area contributed by atoms with Crippen molar-refractivity contribution in [1.82, 2.24) is 0 Å². The molecule has 0 unspecified atom stereocenters. The number of amides is 1. The smallest absolute Gasteiger partial charge is 0.323 e. The second kappa shape index (κ2) is 9.95. The number of carbonyl (C=O) groups excluding carboxylic acids is 2. The number of nitrogens with two attached hydrogens (primary N) is 2. The average Bonchev–Trinajstić information content (AvgIpc) is 2.87. The van der Waals surface area contributed by atoms with Gasteiger partial charge in [-0.1, -0.05) is 13.8 Å². The fourth-order valence-electron chi connectivity index (χ4n) is 2.79. The molecule has 1 saturated heterocycles. The number of halogens is 1. The second-order valence-electron chi connectivity index (χ2n) is 6.82. The lowest BCUT2D eigenvalue weighted by atomic mass is 10.0. The lowest BCUT2D eigenvalue weighted by molar-refractivity contribution is -0.765. The Morgan fingerprint density at radius 1 is 1.33 bits per heavy atom. The summed E-state index contributed by atoms with van der Waals surface area (Å²) in [7, 11) is 0. The largest absolute Gasteiger partial charge is 1.00 e. The molecule has 1 aromatic rings. The molecule has 10 heteroatoms. The van der Waals surface area contributed by atoms with Crippen LogP contribution >= 0.6 is 0 Å². The first-order valence-corrected chi connectivity index (χ1v) is 8.45. The van der Waals surface area contributed by atoms with Crippen LogP contribution < -0.4 is 28.4 Å². The Labute approximate surface area is 163 Å². The van der Waals surface area contributed by atoms with E-state index in [1.165, 1.54) is 16.8 Å². The molecule has 0 bridgehead atoms. The highest BCUT2D eigenvalue weighted by molar-refractivity contribution is 5.92. The molecule has 0 aromatic carbocycles. The molecule has 2 heterocycles. The second-order valence-corrected chi connectivity index (χ2v) is 6.82. The third-order valence-electron chi connectivity index (χ3n) is 4.16. The molecule has 2 rings (SSSR count). The molecule has 1 amide bonds. The van der Waals surface area contributed by atoms with Gasteiger partial charge in [-0.2, -0.15) is 4.57 Å². The van der Waals surface area contributed by atoms with Crippen molar-refractivity contribution < 1.29 is 46.2 Å². The van der Waals surface area contributed by atoms with Crippen molar-refractivity contribution >= 4 is 11.9 Å². The van der Waals surface area contributed by atoms with Gasteiger partial charge in [0.25, 0.3) is 12.1 Å². The first kappa shape index (κ1) is 23.3.